The third kappa shape index (κ3) is 13.2. The van der Waals surface area contributed by atoms with E-state index in [-0.39, 0.29) is 37.5 Å². The number of hydrogen-bond acceptors (Lipinski definition) is 17. The number of oxime groups is 1. The Morgan fingerprint density at radius 2 is 1.54 bits per heavy atom. The van der Waals surface area contributed by atoms with Gasteiger partial charge in [0.1, 0.15) is 17.8 Å². The van der Waals surface area contributed by atoms with Gasteiger partial charge in [-0.2, -0.15) is 0 Å². The summed E-state index contributed by atoms with van der Waals surface area (Å²) in [5.41, 5.74) is -4.52. The number of methoxy groups -OCH3 is 1. The van der Waals surface area contributed by atoms with E-state index in [0.717, 1.165) is 19.3 Å². The van der Waals surface area contributed by atoms with Crippen LogP contribution < -0.4 is 0 Å². The fourth-order valence-electron chi connectivity index (χ4n) is 10.8. The lowest BCUT2D eigenvalue weighted by Gasteiger charge is -2.49. The van der Waals surface area contributed by atoms with Crippen LogP contribution in [0.15, 0.2) is 5.16 Å². The van der Waals surface area contributed by atoms with Crippen LogP contribution in [0.4, 0.5) is 0 Å². The Bertz CT molecular complexity index is 1570. The third-order valence-corrected chi connectivity index (χ3v) is 14.5. The zero-order chi connectivity index (χ0) is 49.0. The van der Waals surface area contributed by atoms with Gasteiger partial charge in [-0.05, 0) is 102 Å². The van der Waals surface area contributed by atoms with Gasteiger partial charge in [0.05, 0.1) is 65.5 Å². The second-order valence-electron chi connectivity index (χ2n) is 20.9. The van der Waals surface area contributed by atoms with Crippen molar-refractivity contribution >= 4 is 17.7 Å². The van der Waals surface area contributed by atoms with Gasteiger partial charge in [0.2, 0.25) is 5.79 Å². The van der Waals surface area contributed by atoms with E-state index in [4.69, 9.17) is 47.9 Å². The van der Waals surface area contributed by atoms with Crippen molar-refractivity contribution in [2.75, 3.05) is 21.2 Å². The van der Waals surface area contributed by atoms with Crippen LogP contribution in [-0.2, 0) is 52.3 Å². The van der Waals surface area contributed by atoms with E-state index < -0.39 is 114 Å². The number of carbonyl (C=O) groups is 2. The lowest BCUT2D eigenvalue weighted by atomic mass is 9.73. The number of rotatable bonds is 12. The molecule has 378 valence electrons. The smallest absolute Gasteiger partial charge is 0.311 e. The van der Waals surface area contributed by atoms with Gasteiger partial charge in [0, 0.05) is 51.0 Å². The Labute approximate surface area is 388 Å². The van der Waals surface area contributed by atoms with Gasteiger partial charge in [-0.1, -0.05) is 39.3 Å². The third-order valence-electron chi connectivity index (χ3n) is 14.5. The largest absolute Gasteiger partial charge is 0.459 e. The lowest BCUT2D eigenvalue weighted by Crippen LogP contribution is -2.61. The van der Waals surface area contributed by atoms with E-state index in [2.05, 4.69) is 0 Å². The van der Waals surface area contributed by atoms with Crippen molar-refractivity contribution in [1.29, 1.82) is 0 Å². The van der Waals surface area contributed by atoms with Crippen LogP contribution in [0.1, 0.15) is 148 Å². The molecule has 1 saturated carbocycles. The molecule has 4 aliphatic rings. The second kappa shape index (κ2) is 22.6. The number of esters is 2. The van der Waals surface area contributed by atoms with Crippen LogP contribution >= 0.6 is 0 Å². The maximum Gasteiger partial charge on any atom is 0.311 e. The van der Waals surface area contributed by atoms with Crippen LogP contribution in [0.25, 0.3) is 0 Å². The Morgan fingerprint density at radius 1 is 0.908 bits per heavy atom. The highest BCUT2D eigenvalue weighted by Gasteiger charge is 2.54. The molecule has 17 heteroatoms. The molecular formula is C48H86N2O15. The number of nitrogens with zero attached hydrogens (tertiary/aromatic N) is 2. The predicted molar refractivity (Wildman–Crippen MR) is 241 cm³/mol. The highest BCUT2D eigenvalue weighted by Crippen LogP contribution is 2.42. The molecule has 3 saturated heterocycles. The summed E-state index contributed by atoms with van der Waals surface area (Å²) in [7, 11) is 5.26. The van der Waals surface area contributed by atoms with E-state index in [1.807, 2.05) is 46.7 Å². The van der Waals surface area contributed by atoms with Crippen LogP contribution in [0, 0.1) is 23.7 Å². The van der Waals surface area contributed by atoms with E-state index >= 15 is 0 Å². The molecule has 0 bridgehead atoms. The Balaban J connectivity index is 1.94. The molecule has 18 atom stereocenters. The molecule has 3 heterocycles. The quantitative estimate of drug-likeness (QED) is 0.112. The summed E-state index contributed by atoms with van der Waals surface area (Å²) in [4.78, 5) is 35.7. The first kappa shape index (κ1) is 55.6. The first-order chi connectivity index (χ1) is 30.1. The predicted octanol–water partition coefficient (Wildman–Crippen LogP) is 5.25. The second-order valence-corrected chi connectivity index (χ2v) is 20.9. The van der Waals surface area contributed by atoms with Crippen molar-refractivity contribution in [3.8, 4) is 0 Å². The minimum atomic E-state index is -1.98. The monoisotopic (exact) mass is 931 g/mol. The summed E-state index contributed by atoms with van der Waals surface area (Å²) in [6.45, 7) is 22.4. The molecule has 4 rings (SSSR count). The van der Waals surface area contributed by atoms with Crippen molar-refractivity contribution in [3.05, 3.63) is 0 Å². The molecule has 0 aromatic heterocycles. The molecular weight excluding hydrogens is 845 g/mol. The number of aliphatic hydroxyl groups is 4. The molecule has 1 aliphatic carbocycles. The summed E-state index contributed by atoms with van der Waals surface area (Å²) in [6.07, 6.45) is -5.68. The summed E-state index contributed by atoms with van der Waals surface area (Å²) < 4.78 is 50.8. The highest BCUT2D eigenvalue weighted by molar-refractivity contribution is 5.88. The molecule has 4 fully saturated rings. The zero-order valence-electron chi connectivity index (χ0n) is 42.3. The molecule has 0 aromatic rings. The average molecular weight is 931 g/mol. The average Bonchev–Trinajstić information content (AvgIpc) is 3.21. The van der Waals surface area contributed by atoms with E-state index in [1.54, 1.807) is 48.5 Å². The summed E-state index contributed by atoms with van der Waals surface area (Å²) in [6, 6.07) is -0.321. The number of cyclic esters (lactones) is 1. The molecule has 17 nitrogen and oxygen atoms in total. The Kier molecular flexibility index (Phi) is 19.3. The van der Waals surface area contributed by atoms with Gasteiger partial charge in [-0.15, -0.1) is 0 Å². The minimum absolute atomic E-state index is 0.0350. The van der Waals surface area contributed by atoms with Crippen molar-refractivity contribution in [1.82, 2.24) is 4.90 Å². The highest BCUT2D eigenvalue weighted by atomic mass is 16.8. The maximum atomic E-state index is 14.6. The summed E-state index contributed by atoms with van der Waals surface area (Å²) in [5.74, 6) is -5.78. The van der Waals surface area contributed by atoms with Crippen LogP contribution in [0.5, 0.6) is 0 Å². The Hall–Kier alpha value is -2.03. The summed E-state index contributed by atoms with van der Waals surface area (Å²) >= 11 is 0. The first-order valence-corrected chi connectivity index (χ1v) is 24.1. The molecule has 0 aromatic carbocycles. The topological polar surface area (TPSA) is 214 Å². The SMILES string of the molecule is CC[C@H]1OC(=O)[C@H](C)[C@@H](OC2C[C@@](C)(OC)[C@@H](O)[C@H](C)O2)[C@H](C)[C@@H](OC2O[C@H](C)C[C@H](N(C)C)[C@H]2OC(C)=O)[C@](C)(O)C[C@@H](C)C(=NOC2(OC(C)C)CCCCC2)[C@H](C)[C@@H](O)[C@]1(C)O. The molecule has 0 spiro atoms. The molecule has 0 amide bonds. The van der Waals surface area contributed by atoms with E-state index in [9.17, 15) is 30.0 Å². The van der Waals surface area contributed by atoms with Crippen LogP contribution in [0.3, 0.4) is 0 Å². The van der Waals surface area contributed by atoms with Gasteiger partial charge in [-0.25, -0.2) is 0 Å². The van der Waals surface area contributed by atoms with Crippen molar-refractivity contribution in [2.45, 2.75) is 244 Å². The summed E-state index contributed by atoms with van der Waals surface area (Å²) in [5, 5.41) is 53.5. The Morgan fingerprint density at radius 3 is 2.09 bits per heavy atom. The van der Waals surface area contributed by atoms with Crippen LogP contribution in [0.2, 0.25) is 0 Å². The van der Waals surface area contributed by atoms with E-state index in [1.165, 1.54) is 21.0 Å². The van der Waals surface area contributed by atoms with Gasteiger partial charge in [0.25, 0.3) is 0 Å². The van der Waals surface area contributed by atoms with Crippen molar-refractivity contribution in [2.24, 2.45) is 28.8 Å². The number of carbonyl (C=O) groups excluding carboxylic acids is 2. The van der Waals surface area contributed by atoms with E-state index in [0.29, 0.717) is 25.0 Å². The number of likely N-dealkylation sites (N-methyl/N-ethyl adjacent to an activating group) is 1. The maximum absolute atomic E-state index is 14.6. The first-order valence-electron chi connectivity index (χ1n) is 24.1. The lowest BCUT2D eigenvalue weighted by molar-refractivity contribution is -0.318. The number of ether oxygens (including phenoxy) is 8. The number of aliphatic hydroxyl groups excluding tert-OH is 2. The molecule has 4 N–H and O–H groups in total. The normalized spacial score (nSPS) is 44.4. The molecule has 3 aliphatic heterocycles. The zero-order valence-corrected chi connectivity index (χ0v) is 42.3. The minimum Gasteiger partial charge on any atom is -0.459 e. The van der Waals surface area contributed by atoms with Crippen LogP contribution in [-0.4, -0.2) is 160 Å². The standard InChI is InChI=1S/C48H86N2O15/c1-17-35-47(13,56)40(52)29(6)37(49-65-48(64-26(2)3)21-19-18-20-22-48)27(4)24-45(11,55)42(63-44-39(60-33(10)51)34(50(14)15)23-28(5)58-44)30(7)38(31(8)43(54)61-35)62-36-25-46(12,57-16)41(53)32(9)59-36/h26-32,34-36,38-42,44,52-53,55-56H,17-25H2,1-16H3/t27-,28-,29+,30+,31-,32+,34+,35-,36?,38+,39-,40-,41+,42-,44?,45-,46-,47-/m1/s1. The van der Waals surface area contributed by atoms with Gasteiger partial charge >= 0.3 is 11.9 Å². The van der Waals surface area contributed by atoms with Crippen molar-refractivity contribution in [3.63, 3.8) is 0 Å². The fraction of sp³-hybridized carbons (Fsp3) is 0.938. The fourth-order valence-corrected chi connectivity index (χ4v) is 10.8. The molecule has 2 unspecified atom stereocenters. The van der Waals surface area contributed by atoms with Gasteiger partial charge in [0.15, 0.2) is 18.7 Å². The number of hydrogen-bond donors (Lipinski definition) is 4. The molecule has 0 radical (unpaired) electrons. The van der Waals surface area contributed by atoms with Crippen molar-refractivity contribution < 1.29 is 72.7 Å². The molecule has 65 heavy (non-hydrogen) atoms. The van der Waals surface area contributed by atoms with Gasteiger partial charge in [-0.3, -0.25) is 9.59 Å². The van der Waals surface area contributed by atoms with Gasteiger partial charge < -0.3 is 68.1 Å².